The van der Waals surface area contributed by atoms with Crippen LogP contribution in [-0.4, -0.2) is 41.8 Å². The van der Waals surface area contributed by atoms with Gasteiger partial charge in [-0.2, -0.15) is 0 Å². The number of ether oxygens (including phenoxy) is 1. The maximum Gasteiger partial charge on any atom is 0.269 e. The van der Waals surface area contributed by atoms with E-state index in [0.717, 1.165) is 0 Å². The van der Waals surface area contributed by atoms with Crippen LogP contribution in [0.1, 0.15) is 23.7 Å². The van der Waals surface area contributed by atoms with Crippen LogP contribution in [0.3, 0.4) is 0 Å². The number of amides is 2. The molecule has 0 aliphatic heterocycles. The highest BCUT2D eigenvalue weighted by atomic mass is 16.6. The second-order valence-electron chi connectivity index (χ2n) is 5.78. The summed E-state index contributed by atoms with van der Waals surface area (Å²) in [5, 5.41) is 13.5. The smallest absolute Gasteiger partial charge is 0.269 e. The molecular formula is C19H21N3O5. The fourth-order valence-corrected chi connectivity index (χ4v) is 2.54. The fourth-order valence-electron chi connectivity index (χ4n) is 2.54. The third kappa shape index (κ3) is 5.27. The molecule has 2 aromatic rings. The monoisotopic (exact) mass is 371 g/mol. The molecule has 0 bridgehead atoms. The minimum absolute atomic E-state index is 0.0949. The largest absolute Gasteiger partial charge is 0.495 e. The zero-order chi connectivity index (χ0) is 19.8. The van der Waals surface area contributed by atoms with Gasteiger partial charge in [0.15, 0.2) is 0 Å². The molecule has 0 radical (unpaired) electrons. The first-order chi connectivity index (χ1) is 13.0. The van der Waals surface area contributed by atoms with Gasteiger partial charge in [0.05, 0.1) is 17.7 Å². The van der Waals surface area contributed by atoms with E-state index in [2.05, 4.69) is 5.32 Å². The molecule has 27 heavy (non-hydrogen) atoms. The van der Waals surface area contributed by atoms with E-state index in [1.807, 2.05) is 6.92 Å². The molecule has 0 unspecified atom stereocenters. The summed E-state index contributed by atoms with van der Waals surface area (Å²) >= 11 is 0. The first kappa shape index (κ1) is 19.9. The summed E-state index contributed by atoms with van der Waals surface area (Å²) in [5.74, 6) is -0.195. The van der Waals surface area contributed by atoms with E-state index >= 15 is 0 Å². The topological polar surface area (TPSA) is 102 Å². The van der Waals surface area contributed by atoms with Crippen molar-refractivity contribution in [2.24, 2.45) is 0 Å². The molecule has 2 rings (SSSR count). The molecule has 2 amide bonds. The van der Waals surface area contributed by atoms with Crippen molar-refractivity contribution in [1.82, 2.24) is 4.90 Å². The quantitative estimate of drug-likeness (QED) is 0.567. The van der Waals surface area contributed by atoms with Crippen LogP contribution >= 0.6 is 0 Å². The Morgan fingerprint density at radius 2 is 1.81 bits per heavy atom. The number of hydrogen-bond donors (Lipinski definition) is 1. The maximum atomic E-state index is 12.7. The highest BCUT2D eigenvalue weighted by Crippen LogP contribution is 2.23. The van der Waals surface area contributed by atoms with Gasteiger partial charge in [0.25, 0.3) is 11.6 Å². The SMILES string of the molecule is CCCN(CC(=O)Nc1ccccc1OC)C(=O)c1ccc([N+](=O)[O-])cc1. The lowest BCUT2D eigenvalue weighted by atomic mass is 10.1. The number of non-ortho nitro benzene ring substituents is 1. The Hall–Kier alpha value is -3.42. The Balaban J connectivity index is 2.10. The highest BCUT2D eigenvalue weighted by molar-refractivity contribution is 6.00. The lowest BCUT2D eigenvalue weighted by Gasteiger charge is -2.22. The number of anilines is 1. The van der Waals surface area contributed by atoms with Crippen molar-refractivity contribution >= 4 is 23.2 Å². The number of nitro groups is 1. The molecule has 8 heteroatoms. The minimum atomic E-state index is -0.529. The molecule has 0 aliphatic carbocycles. The number of methoxy groups -OCH3 is 1. The summed E-state index contributed by atoms with van der Waals surface area (Å²) < 4.78 is 5.20. The van der Waals surface area contributed by atoms with Gasteiger partial charge in [0, 0.05) is 24.2 Å². The van der Waals surface area contributed by atoms with Crippen LogP contribution in [0.15, 0.2) is 48.5 Å². The number of nitrogens with one attached hydrogen (secondary N) is 1. The van der Waals surface area contributed by atoms with Gasteiger partial charge in [-0.15, -0.1) is 0 Å². The van der Waals surface area contributed by atoms with E-state index in [9.17, 15) is 19.7 Å². The summed E-state index contributed by atoms with van der Waals surface area (Å²) in [6.45, 7) is 2.14. The van der Waals surface area contributed by atoms with Gasteiger partial charge < -0.3 is 15.0 Å². The van der Waals surface area contributed by atoms with Gasteiger partial charge in [-0.25, -0.2) is 0 Å². The normalized spacial score (nSPS) is 10.1. The standard InChI is InChI=1S/C19H21N3O5/c1-3-12-21(19(24)14-8-10-15(11-9-14)22(25)26)13-18(23)20-16-6-4-5-7-17(16)27-2/h4-11H,3,12-13H2,1-2H3,(H,20,23). The third-order valence-corrected chi connectivity index (χ3v) is 3.82. The Morgan fingerprint density at radius 3 is 2.41 bits per heavy atom. The number of para-hydroxylation sites is 2. The van der Waals surface area contributed by atoms with Crippen molar-refractivity contribution in [3.63, 3.8) is 0 Å². The summed E-state index contributed by atoms with van der Waals surface area (Å²) in [5.41, 5.74) is 0.714. The molecule has 0 atom stereocenters. The first-order valence-electron chi connectivity index (χ1n) is 8.42. The van der Waals surface area contributed by atoms with Crippen molar-refractivity contribution in [2.75, 3.05) is 25.5 Å². The molecule has 8 nitrogen and oxygen atoms in total. The Labute approximate surface area is 156 Å². The number of benzene rings is 2. The number of carbonyl (C=O) groups excluding carboxylic acids is 2. The number of nitro benzene ring substituents is 1. The average molecular weight is 371 g/mol. The fraction of sp³-hybridized carbons (Fsp3) is 0.263. The van der Waals surface area contributed by atoms with E-state index < -0.39 is 4.92 Å². The predicted molar refractivity (Wildman–Crippen MR) is 101 cm³/mol. The van der Waals surface area contributed by atoms with Gasteiger partial charge >= 0.3 is 0 Å². The van der Waals surface area contributed by atoms with Gasteiger partial charge in [-0.3, -0.25) is 19.7 Å². The third-order valence-electron chi connectivity index (χ3n) is 3.82. The Kier molecular flexibility index (Phi) is 6.87. The van der Waals surface area contributed by atoms with Gasteiger partial charge in [0.2, 0.25) is 5.91 Å². The van der Waals surface area contributed by atoms with Gasteiger partial charge in [0.1, 0.15) is 12.3 Å². The Bertz CT molecular complexity index is 820. The van der Waals surface area contributed by atoms with E-state index in [-0.39, 0.29) is 24.0 Å². The first-order valence-corrected chi connectivity index (χ1v) is 8.42. The molecule has 1 N–H and O–H groups in total. The predicted octanol–water partition coefficient (Wildman–Crippen LogP) is 3.09. The molecule has 142 valence electrons. The van der Waals surface area contributed by atoms with Crippen LogP contribution < -0.4 is 10.1 Å². The van der Waals surface area contributed by atoms with Crippen LogP contribution in [0.25, 0.3) is 0 Å². The number of carbonyl (C=O) groups is 2. The van der Waals surface area contributed by atoms with E-state index in [1.165, 1.54) is 36.3 Å². The molecule has 2 aromatic carbocycles. The number of hydrogen-bond acceptors (Lipinski definition) is 5. The lowest BCUT2D eigenvalue weighted by molar-refractivity contribution is -0.384. The number of nitrogens with zero attached hydrogens (tertiary/aromatic N) is 2. The highest BCUT2D eigenvalue weighted by Gasteiger charge is 2.19. The second-order valence-corrected chi connectivity index (χ2v) is 5.78. The van der Waals surface area contributed by atoms with Crippen molar-refractivity contribution in [3.8, 4) is 5.75 Å². The van der Waals surface area contributed by atoms with E-state index in [0.29, 0.717) is 30.0 Å². The summed E-state index contributed by atoms with van der Waals surface area (Å²) in [6.07, 6.45) is 0.667. The summed E-state index contributed by atoms with van der Waals surface area (Å²) in [4.78, 5) is 36.7. The van der Waals surface area contributed by atoms with Crippen molar-refractivity contribution in [1.29, 1.82) is 0 Å². The molecule has 0 heterocycles. The van der Waals surface area contributed by atoms with Crippen LogP contribution in [0.2, 0.25) is 0 Å². The molecule has 0 saturated carbocycles. The van der Waals surface area contributed by atoms with E-state index in [4.69, 9.17) is 4.74 Å². The zero-order valence-corrected chi connectivity index (χ0v) is 15.2. The molecule has 0 spiro atoms. The van der Waals surface area contributed by atoms with Crippen molar-refractivity contribution < 1.29 is 19.2 Å². The van der Waals surface area contributed by atoms with Crippen molar-refractivity contribution in [3.05, 3.63) is 64.2 Å². The summed E-state index contributed by atoms with van der Waals surface area (Å²) in [7, 11) is 1.51. The van der Waals surface area contributed by atoms with Crippen molar-refractivity contribution in [2.45, 2.75) is 13.3 Å². The second kappa shape index (κ2) is 9.33. The lowest BCUT2D eigenvalue weighted by Crippen LogP contribution is -2.38. The van der Waals surface area contributed by atoms with Gasteiger partial charge in [-0.05, 0) is 30.7 Å². The van der Waals surface area contributed by atoms with Crippen LogP contribution in [0, 0.1) is 10.1 Å². The average Bonchev–Trinajstić information content (AvgIpc) is 2.67. The zero-order valence-electron chi connectivity index (χ0n) is 15.2. The number of rotatable bonds is 8. The molecular weight excluding hydrogens is 350 g/mol. The molecule has 0 aliphatic rings. The molecule has 0 saturated heterocycles. The Morgan fingerprint density at radius 1 is 1.15 bits per heavy atom. The van der Waals surface area contributed by atoms with E-state index in [1.54, 1.807) is 24.3 Å². The molecule has 0 aromatic heterocycles. The van der Waals surface area contributed by atoms with Gasteiger partial charge in [-0.1, -0.05) is 19.1 Å². The molecule has 0 fully saturated rings. The minimum Gasteiger partial charge on any atom is -0.495 e. The van der Waals surface area contributed by atoms with Crippen LogP contribution in [0.5, 0.6) is 5.75 Å². The maximum absolute atomic E-state index is 12.7. The summed E-state index contributed by atoms with van der Waals surface area (Å²) in [6, 6.07) is 12.3. The van der Waals surface area contributed by atoms with Crippen LogP contribution in [-0.2, 0) is 4.79 Å². The van der Waals surface area contributed by atoms with Crippen LogP contribution in [0.4, 0.5) is 11.4 Å².